The smallest absolute Gasteiger partial charge is 0.263 e. The van der Waals surface area contributed by atoms with Gasteiger partial charge >= 0.3 is 0 Å². The lowest BCUT2D eigenvalue weighted by Gasteiger charge is -2.16. The third-order valence-electron chi connectivity index (χ3n) is 4.60. The number of allylic oxidation sites excluding steroid dienone is 1. The quantitative estimate of drug-likeness (QED) is 0.647. The molecule has 6 heteroatoms. The Morgan fingerprint density at radius 3 is 2.67 bits per heavy atom. The molecule has 1 aliphatic rings. The van der Waals surface area contributed by atoms with E-state index in [1.54, 1.807) is 23.8 Å². The number of nitrogens with zero attached hydrogens (tertiary/aromatic N) is 1. The molecule has 1 aromatic heterocycles. The van der Waals surface area contributed by atoms with Crippen LogP contribution in [0.2, 0.25) is 0 Å². The second-order valence-electron chi connectivity index (χ2n) is 6.07. The van der Waals surface area contributed by atoms with Crippen molar-refractivity contribution >= 4 is 10.8 Å². The normalized spacial score (nSPS) is 12.2. The van der Waals surface area contributed by atoms with Crippen LogP contribution >= 0.6 is 0 Å². The van der Waals surface area contributed by atoms with Gasteiger partial charge < -0.3 is 23.5 Å². The molecule has 4 rings (SSSR count). The van der Waals surface area contributed by atoms with Crippen molar-refractivity contribution in [2.75, 3.05) is 21.0 Å². The molecule has 0 saturated carbocycles. The van der Waals surface area contributed by atoms with E-state index in [0.717, 1.165) is 16.6 Å². The van der Waals surface area contributed by atoms with Gasteiger partial charge in [0.25, 0.3) is 5.56 Å². The molecule has 0 unspecified atom stereocenters. The van der Waals surface area contributed by atoms with Crippen LogP contribution in [0.5, 0.6) is 23.0 Å². The lowest BCUT2D eigenvalue weighted by atomic mass is 10.0. The summed E-state index contributed by atoms with van der Waals surface area (Å²) < 4.78 is 23.3. The largest absolute Gasteiger partial charge is 0.493 e. The molecular formula is C21H19NO5. The molecule has 0 radical (unpaired) electrons. The Hall–Kier alpha value is -3.41. The summed E-state index contributed by atoms with van der Waals surface area (Å²) in [7, 11) is 3.08. The molecule has 0 N–H and O–H groups in total. The van der Waals surface area contributed by atoms with Gasteiger partial charge in [-0.3, -0.25) is 4.79 Å². The Bertz CT molecular complexity index is 1100. The minimum atomic E-state index is -0.171. The monoisotopic (exact) mass is 365 g/mol. The number of hydrogen-bond acceptors (Lipinski definition) is 5. The predicted molar refractivity (Wildman–Crippen MR) is 103 cm³/mol. The summed E-state index contributed by atoms with van der Waals surface area (Å²) in [5.74, 6) is 2.30. The van der Waals surface area contributed by atoms with Gasteiger partial charge in [-0.25, -0.2) is 0 Å². The van der Waals surface area contributed by atoms with Crippen molar-refractivity contribution in [1.82, 2.24) is 4.57 Å². The zero-order chi connectivity index (χ0) is 19.0. The molecular weight excluding hydrogens is 346 g/mol. The van der Waals surface area contributed by atoms with Crippen LogP contribution in [0.4, 0.5) is 0 Å². The van der Waals surface area contributed by atoms with Crippen LogP contribution in [-0.2, 0) is 6.54 Å². The number of hydrogen-bond donors (Lipinski definition) is 0. The lowest BCUT2D eigenvalue weighted by Crippen LogP contribution is -2.22. The summed E-state index contributed by atoms with van der Waals surface area (Å²) in [5.41, 5.74) is 1.45. The topological polar surface area (TPSA) is 58.9 Å². The minimum absolute atomic E-state index is 0.171. The Balaban J connectivity index is 2.02. The van der Waals surface area contributed by atoms with E-state index in [-0.39, 0.29) is 12.4 Å². The van der Waals surface area contributed by atoms with Crippen molar-refractivity contribution in [2.45, 2.75) is 6.54 Å². The molecule has 3 aromatic rings. The zero-order valence-corrected chi connectivity index (χ0v) is 15.2. The van der Waals surface area contributed by atoms with Gasteiger partial charge in [-0.05, 0) is 35.7 Å². The van der Waals surface area contributed by atoms with Gasteiger partial charge in [-0.15, -0.1) is 6.58 Å². The first-order chi connectivity index (χ1) is 13.2. The molecule has 2 aromatic carbocycles. The van der Waals surface area contributed by atoms with Crippen molar-refractivity contribution in [3.63, 3.8) is 0 Å². The van der Waals surface area contributed by atoms with E-state index in [1.807, 2.05) is 30.3 Å². The fourth-order valence-corrected chi connectivity index (χ4v) is 3.36. The lowest BCUT2D eigenvalue weighted by molar-refractivity contribution is 0.174. The van der Waals surface area contributed by atoms with Crippen molar-refractivity contribution in [3.8, 4) is 34.3 Å². The van der Waals surface area contributed by atoms with Gasteiger partial charge in [-0.2, -0.15) is 0 Å². The van der Waals surface area contributed by atoms with E-state index < -0.39 is 0 Å². The molecule has 0 spiro atoms. The molecule has 0 amide bonds. The highest BCUT2D eigenvalue weighted by Crippen LogP contribution is 2.38. The maximum absolute atomic E-state index is 13.3. The standard InChI is InChI=1S/C21H19NO5/c1-4-9-22-15(13-5-7-16-18(11-13)27-12-26-16)10-14-6-8-17(24-2)20(25-3)19(14)21(22)23/h4-8,10-11H,1,9,12H2,2-3H3. The molecule has 0 saturated heterocycles. The highest BCUT2D eigenvalue weighted by molar-refractivity contribution is 5.92. The summed E-state index contributed by atoms with van der Waals surface area (Å²) in [6, 6.07) is 11.2. The van der Waals surface area contributed by atoms with Crippen LogP contribution < -0.4 is 24.5 Å². The molecule has 0 bridgehead atoms. The van der Waals surface area contributed by atoms with Crippen molar-refractivity contribution in [1.29, 1.82) is 0 Å². The second kappa shape index (κ2) is 6.72. The van der Waals surface area contributed by atoms with Crippen LogP contribution in [0.25, 0.3) is 22.0 Å². The van der Waals surface area contributed by atoms with Gasteiger partial charge in [0.1, 0.15) is 0 Å². The second-order valence-corrected chi connectivity index (χ2v) is 6.07. The fraction of sp³-hybridized carbons (Fsp3) is 0.190. The van der Waals surface area contributed by atoms with Gasteiger partial charge in [0.2, 0.25) is 6.79 Å². The zero-order valence-electron chi connectivity index (χ0n) is 15.2. The van der Waals surface area contributed by atoms with Gasteiger partial charge in [0, 0.05) is 12.1 Å². The Morgan fingerprint density at radius 1 is 1.11 bits per heavy atom. The van der Waals surface area contributed by atoms with Gasteiger partial charge in [0.15, 0.2) is 23.0 Å². The van der Waals surface area contributed by atoms with Crippen molar-refractivity contribution in [2.24, 2.45) is 0 Å². The molecule has 0 aliphatic carbocycles. The summed E-state index contributed by atoms with van der Waals surface area (Å²) in [5, 5.41) is 1.24. The number of pyridine rings is 1. The number of fused-ring (bicyclic) bond motifs is 2. The highest BCUT2D eigenvalue weighted by atomic mass is 16.7. The van der Waals surface area contributed by atoms with Gasteiger partial charge in [0.05, 0.1) is 25.3 Å². The predicted octanol–water partition coefficient (Wildman–Crippen LogP) is 3.60. The molecule has 1 aliphatic heterocycles. The summed E-state index contributed by atoms with van der Waals surface area (Å²) >= 11 is 0. The minimum Gasteiger partial charge on any atom is -0.493 e. The van der Waals surface area contributed by atoms with E-state index in [1.165, 1.54) is 7.11 Å². The average molecular weight is 365 g/mol. The molecule has 0 fully saturated rings. The average Bonchev–Trinajstić information content (AvgIpc) is 3.16. The first kappa shape index (κ1) is 17.0. The summed E-state index contributed by atoms with van der Waals surface area (Å²) in [6.45, 7) is 4.35. The SMILES string of the molecule is C=CCn1c(-c2ccc3c(c2)OCO3)cc2ccc(OC)c(OC)c2c1=O. The van der Waals surface area contributed by atoms with E-state index in [0.29, 0.717) is 34.9 Å². The maximum atomic E-state index is 13.3. The number of methoxy groups -OCH3 is 2. The van der Waals surface area contributed by atoms with E-state index >= 15 is 0 Å². The van der Waals surface area contributed by atoms with Crippen LogP contribution in [0.1, 0.15) is 0 Å². The Kier molecular flexibility index (Phi) is 4.24. The summed E-state index contributed by atoms with van der Waals surface area (Å²) in [4.78, 5) is 13.3. The molecule has 138 valence electrons. The van der Waals surface area contributed by atoms with Crippen molar-refractivity contribution in [3.05, 3.63) is 59.4 Å². The first-order valence-corrected chi connectivity index (χ1v) is 8.47. The Labute approximate surface area is 156 Å². The fourth-order valence-electron chi connectivity index (χ4n) is 3.36. The number of ether oxygens (including phenoxy) is 4. The van der Waals surface area contributed by atoms with Gasteiger partial charge in [-0.1, -0.05) is 12.1 Å². The van der Waals surface area contributed by atoms with E-state index in [9.17, 15) is 4.79 Å². The molecule has 6 nitrogen and oxygen atoms in total. The van der Waals surface area contributed by atoms with Crippen LogP contribution in [0, 0.1) is 0 Å². The number of aromatic nitrogens is 1. The molecule has 27 heavy (non-hydrogen) atoms. The van der Waals surface area contributed by atoms with Crippen LogP contribution in [-0.4, -0.2) is 25.6 Å². The molecule has 2 heterocycles. The summed E-state index contributed by atoms with van der Waals surface area (Å²) in [6.07, 6.45) is 1.69. The number of rotatable bonds is 5. The molecule has 0 atom stereocenters. The third-order valence-corrected chi connectivity index (χ3v) is 4.60. The Morgan fingerprint density at radius 2 is 1.93 bits per heavy atom. The van der Waals surface area contributed by atoms with Crippen LogP contribution in [0.3, 0.4) is 0 Å². The maximum Gasteiger partial charge on any atom is 0.263 e. The number of benzene rings is 2. The first-order valence-electron chi connectivity index (χ1n) is 8.47. The van der Waals surface area contributed by atoms with E-state index in [2.05, 4.69) is 6.58 Å². The van der Waals surface area contributed by atoms with E-state index in [4.69, 9.17) is 18.9 Å². The van der Waals surface area contributed by atoms with Crippen molar-refractivity contribution < 1.29 is 18.9 Å². The highest BCUT2D eigenvalue weighted by Gasteiger charge is 2.19. The van der Waals surface area contributed by atoms with Crippen LogP contribution in [0.15, 0.2) is 53.8 Å². The third kappa shape index (κ3) is 2.70.